The van der Waals surface area contributed by atoms with Crippen LogP contribution in [-0.4, -0.2) is 115 Å². The van der Waals surface area contributed by atoms with E-state index in [9.17, 15) is 32.6 Å². The van der Waals surface area contributed by atoms with Gasteiger partial charge in [-0.2, -0.15) is 10.5 Å². The summed E-state index contributed by atoms with van der Waals surface area (Å²) in [5.41, 5.74) is 2.33. The van der Waals surface area contributed by atoms with E-state index in [1.807, 2.05) is 12.1 Å². The van der Waals surface area contributed by atoms with Gasteiger partial charge in [0, 0.05) is 81.2 Å². The molecule has 37 heteroatoms. The number of carbonyl (C=O) groups excluding carboxylic acids is 2. The van der Waals surface area contributed by atoms with E-state index in [1.54, 1.807) is 42.0 Å². The number of halogens is 7. The summed E-state index contributed by atoms with van der Waals surface area (Å²) in [6, 6.07) is 33.6. The first kappa shape index (κ1) is 90.4. The zero-order valence-electron chi connectivity index (χ0n) is 59.4. The summed E-state index contributed by atoms with van der Waals surface area (Å²) >= 11 is 5.24. The third-order valence-corrected chi connectivity index (χ3v) is 16.6. The van der Waals surface area contributed by atoms with E-state index >= 15 is 17.6 Å². The Morgan fingerprint density at radius 3 is 1.43 bits per heavy atom. The summed E-state index contributed by atoms with van der Waals surface area (Å²) in [6.07, 6.45) is -0.194. The van der Waals surface area contributed by atoms with Crippen molar-refractivity contribution in [1.29, 1.82) is 10.5 Å². The number of nitrogens with zero attached hydrogens (tertiary/aromatic N) is 8. The van der Waals surface area contributed by atoms with Crippen molar-refractivity contribution in [3.8, 4) is 46.4 Å². The topological polar surface area (TPSA) is 361 Å². The number of benzene rings is 6. The molecule has 6 aromatic carbocycles. The number of methoxy groups -OCH3 is 2. The van der Waals surface area contributed by atoms with Crippen molar-refractivity contribution in [2.75, 3.05) is 47.0 Å². The Kier molecular flexibility index (Phi) is 36.1. The van der Waals surface area contributed by atoms with Gasteiger partial charge in [-0.3, -0.25) is 13.9 Å². The third kappa shape index (κ3) is 27.1. The van der Waals surface area contributed by atoms with Gasteiger partial charge in [0.25, 0.3) is 6.47 Å². The second-order valence-electron chi connectivity index (χ2n) is 23.0. The first-order chi connectivity index (χ1) is 49.9. The van der Waals surface area contributed by atoms with E-state index in [0.29, 0.717) is 46.9 Å². The molecule has 0 saturated heterocycles. The molecule has 26 nitrogen and oxygen atoms in total. The van der Waals surface area contributed by atoms with Gasteiger partial charge in [-0.05, 0) is 129 Å². The van der Waals surface area contributed by atoms with Gasteiger partial charge in [-0.1, -0.05) is 35.9 Å². The van der Waals surface area contributed by atoms with Crippen molar-refractivity contribution in [2.45, 2.75) is 65.5 Å². The van der Waals surface area contributed by atoms with E-state index in [1.165, 1.54) is 106 Å². The molecule has 0 saturated carbocycles. The number of hydrogen-bond acceptors (Lipinski definition) is 21. The number of nitriles is 2. The molecule has 0 aliphatic heterocycles. The Morgan fingerprint density at radius 2 is 1.05 bits per heavy atom. The SMILES string of the molecule is CC(C)(C)OP(C)(=O)OCCl.COCCn1c(Cc2cc(F)c(-c3cccc(OCc4ccc(C#N)cc4F)n3)cc2F)nc2ccc(C(=O)O)cc21.COCCn1c(Cc2cc(F)c(-c3cccc(OCc4ccc(C#N)cc4F)n3)cc2F)nc2ccc(C(=O)OCOP(=O)(O)O)cc21.O=CO[O-].[H-].[K+].[K+]. The molecule has 4 heterocycles. The smallest absolute Gasteiger partial charge is 1.00 e. The predicted octanol–water partition coefficient (Wildman–Crippen LogP) is 6.72. The van der Waals surface area contributed by atoms with Crippen LogP contribution in [0.5, 0.6) is 11.8 Å². The monoisotopic (exact) mass is 1590 g/mol. The third-order valence-electron chi connectivity index (χ3n) is 14.4. The maximum Gasteiger partial charge on any atom is 1.00 e. The molecule has 10 aromatic rings. The second kappa shape index (κ2) is 42.7. The van der Waals surface area contributed by atoms with Crippen LogP contribution in [0, 0.1) is 57.6 Å². The Morgan fingerprint density at radius 1 is 0.617 bits per heavy atom. The van der Waals surface area contributed by atoms with Crippen molar-refractivity contribution < 1.29 is 216 Å². The van der Waals surface area contributed by atoms with Gasteiger partial charge < -0.3 is 63.8 Å². The van der Waals surface area contributed by atoms with Gasteiger partial charge in [0.1, 0.15) is 65.8 Å². The van der Waals surface area contributed by atoms with Crippen molar-refractivity contribution in [1.82, 2.24) is 29.1 Å². The number of phosphoric ester groups is 1. The quantitative estimate of drug-likeness (QED) is 0.00553. The number of esters is 1. The van der Waals surface area contributed by atoms with Gasteiger partial charge in [0.05, 0.1) is 86.7 Å². The van der Waals surface area contributed by atoms with Gasteiger partial charge >= 0.3 is 130 Å². The van der Waals surface area contributed by atoms with Crippen molar-refractivity contribution in [2.24, 2.45) is 0 Å². The van der Waals surface area contributed by atoms with E-state index in [0.717, 1.165) is 36.4 Å². The molecular weight excluding hydrogens is 1530 g/mol. The first-order valence-electron chi connectivity index (χ1n) is 30.7. The number of carboxylic acids is 1. The molecule has 0 aliphatic rings. The zero-order valence-corrected chi connectivity index (χ0v) is 67.2. The summed E-state index contributed by atoms with van der Waals surface area (Å²) in [5, 5.41) is 35.6. The minimum absolute atomic E-state index is 0. The number of fused-ring (bicyclic) bond motifs is 2. The number of rotatable bonds is 27. The van der Waals surface area contributed by atoms with Crippen LogP contribution < -0.4 is 118 Å². The molecule has 1 atom stereocenters. The van der Waals surface area contributed by atoms with E-state index in [-0.39, 0.29) is 235 Å². The van der Waals surface area contributed by atoms with Crippen molar-refractivity contribution in [3.63, 3.8) is 0 Å². The number of aromatic carboxylic acids is 1. The zero-order chi connectivity index (χ0) is 76.8. The molecule has 107 heavy (non-hydrogen) atoms. The first-order valence-corrected chi connectivity index (χ1v) is 34.8. The summed E-state index contributed by atoms with van der Waals surface area (Å²) in [6.45, 7) is 6.38. The summed E-state index contributed by atoms with van der Waals surface area (Å²) < 4.78 is 156. The number of alkyl halides is 1. The number of hydrogen-bond donors (Lipinski definition) is 3. The second-order valence-corrected chi connectivity index (χ2v) is 26.4. The Balaban J connectivity index is 0.000000376. The van der Waals surface area contributed by atoms with Crippen LogP contribution in [-0.2, 0) is 85.7 Å². The normalized spacial score (nSPS) is 11.5. The number of pyridine rings is 2. The maximum absolute atomic E-state index is 15.5. The van der Waals surface area contributed by atoms with Crippen LogP contribution in [0.2, 0.25) is 0 Å². The van der Waals surface area contributed by atoms with Crippen LogP contribution in [0.3, 0.4) is 0 Å². The van der Waals surface area contributed by atoms with Gasteiger partial charge in [0.2, 0.25) is 18.6 Å². The molecule has 0 fully saturated rings. The van der Waals surface area contributed by atoms with Crippen LogP contribution in [0.1, 0.15) is 87.9 Å². The molecule has 554 valence electrons. The van der Waals surface area contributed by atoms with Crippen LogP contribution >= 0.6 is 27.0 Å². The summed E-state index contributed by atoms with van der Waals surface area (Å²) in [4.78, 5) is 70.3. The van der Waals surface area contributed by atoms with Crippen LogP contribution in [0.25, 0.3) is 44.6 Å². The fraction of sp³-hybridized carbons (Fsp3) is 0.243. The predicted molar refractivity (Wildman–Crippen MR) is 364 cm³/mol. The molecular formula is C70H65ClF6K2N8O18P2. The number of ether oxygens (including phenoxy) is 5. The van der Waals surface area contributed by atoms with Gasteiger partial charge in [-0.15, -0.1) is 0 Å². The largest absolute Gasteiger partial charge is 1.00 e. The average molecular weight is 1600 g/mol. The van der Waals surface area contributed by atoms with Crippen LogP contribution in [0.15, 0.2) is 133 Å². The minimum Gasteiger partial charge on any atom is -1.00 e. The van der Waals surface area contributed by atoms with Crippen LogP contribution in [0.4, 0.5) is 26.3 Å². The fourth-order valence-electron chi connectivity index (χ4n) is 9.83. The number of imidazole rings is 2. The minimum atomic E-state index is -4.84. The Hall–Kier alpha value is -7.17. The molecule has 0 spiro atoms. The maximum atomic E-state index is 15.5. The van der Waals surface area contributed by atoms with E-state index in [4.69, 9.17) is 74.7 Å². The van der Waals surface area contributed by atoms with Crippen molar-refractivity contribution >= 4 is 67.5 Å². The molecule has 4 aromatic heterocycles. The molecule has 0 aliphatic carbocycles. The number of carboxylic acid groups (broad SMARTS) is 1. The van der Waals surface area contributed by atoms with E-state index < -0.39 is 74.7 Å². The molecule has 0 amide bonds. The fourth-order valence-corrected chi connectivity index (χ4v) is 11.8. The Labute approximate surface area is 699 Å². The standard InChI is InChI=1S/C32H26F3N4O8P.C31H23F3N4O4.C6H14ClO3P.CH2O3.2K.H/c1-44-10-9-39-29-13-20(32(40)46-18-47-48(41,42)43)7-8-28(29)37-30(39)14-22-12-26(35)23(15-25(22)34)27-3-2-4-31(38-27)45-17-21-6-5-19(16-36)11-24(21)33;1-41-10-9-38-28-13-19(31(39)40)7-8-27(28)36-29(38)14-21-12-25(34)22(15-24(21)33)26-3-2-4-30(37-26)42-17-20-6-5-18(16-35)11-23(20)32;1-6(2,3)10-11(4,8)9-5-7;2-1-4-3;;;/h2-8,11-13,15H,9-10,14,17-18H2,1H3,(H2,41,42,43);2-8,11-13,15H,9-10,14,17H2,1H3,(H,39,40);5H2,1-4H3;1,3H;;;/q;;;;2*+1;-1/p-1. The Bertz CT molecular complexity index is 4970. The van der Waals surface area contributed by atoms with Gasteiger partial charge in [-0.25, -0.2) is 65.0 Å². The molecule has 0 bridgehead atoms. The summed E-state index contributed by atoms with van der Waals surface area (Å²) in [5.74, 6) is -5.27. The molecule has 0 radical (unpaired) electrons. The summed E-state index contributed by atoms with van der Waals surface area (Å²) in [7, 11) is -4.78. The number of aromatic nitrogens is 6. The van der Waals surface area contributed by atoms with Crippen molar-refractivity contribution in [3.05, 3.63) is 225 Å². The molecule has 3 N–H and O–H groups in total. The molecule has 1 unspecified atom stereocenters. The van der Waals surface area contributed by atoms with E-state index in [2.05, 4.69) is 29.3 Å². The number of carbonyl (C=O) groups is 3. The number of phosphoric acid groups is 1. The van der Waals surface area contributed by atoms with Gasteiger partial charge in [0.15, 0.2) is 0 Å². The average Bonchev–Trinajstić information content (AvgIpc) is 1.62. The molecule has 10 rings (SSSR count).